The van der Waals surface area contributed by atoms with E-state index in [4.69, 9.17) is 18.9 Å². The van der Waals surface area contributed by atoms with Crippen LogP contribution >= 0.6 is 0 Å². The summed E-state index contributed by atoms with van der Waals surface area (Å²) in [4.78, 5) is 24.6. The molecule has 0 aliphatic rings. The minimum absolute atomic E-state index is 0.125. The van der Waals surface area contributed by atoms with E-state index in [0.717, 1.165) is 11.1 Å². The van der Waals surface area contributed by atoms with Gasteiger partial charge in [0.25, 0.3) is 0 Å². The maximum Gasteiger partial charge on any atom is 0.407 e. The Morgan fingerprint density at radius 3 is 2.30 bits per heavy atom. The van der Waals surface area contributed by atoms with Gasteiger partial charge >= 0.3 is 12.1 Å². The fraction of sp³-hybridized carbons (Fsp3) is 0.652. The Morgan fingerprint density at radius 2 is 1.80 bits per heavy atom. The number of hydrogen-bond acceptors (Lipinski definition) is 6. The number of benzene rings is 1. The zero-order valence-electron chi connectivity index (χ0n) is 19.5. The molecule has 1 aromatic rings. The van der Waals surface area contributed by atoms with E-state index >= 15 is 0 Å². The lowest BCUT2D eigenvalue weighted by molar-refractivity contribution is -0.161. The third-order valence-electron chi connectivity index (χ3n) is 4.30. The van der Waals surface area contributed by atoms with Crippen LogP contribution in [0.4, 0.5) is 4.79 Å². The Bertz CT molecular complexity index is 695. The second-order valence-corrected chi connectivity index (χ2v) is 8.30. The molecule has 7 heteroatoms. The van der Waals surface area contributed by atoms with Crippen LogP contribution in [0.2, 0.25) is 0 Å². The van der Waals surface area contributed by atoms with Gasteiger partial charge in [-0.2, -0.15) is 0 Å². The topological polar surface area (TPSA) is 83.1 Å². The summed E-state index contributed by atoms with van der Waals surface area (Å²) in [7, 11) is 1.58. The minimum atomic E-state index is -0.713. The number of amides is 1. The lowest BCUT2D eigenvalue weighted by atomic mass is 9.89. The summed E-state index contributed by atoms with van der Waals surface area (Å²) in [6.07, 6.45) is -0.661. The molecule has 2 unspecified atom stereocenters. The van der Waals surface area contributed by atoms with E-state index in [0.29, 0.717) is 18.8 Å². The van der Waals surface area contributed by atoms with Crippen molar-refractivity contribution in [2.45, 2.75) is 85.2 Å². The van der Waals surface area contributed by atoms with E-state index in [1.807, 2.05) is 59.7 Å². The van der Waals surface area contributed by atoms with E-state index in [1.165, 1.54) is 0 Å². The first-order valence-corrected chi connectivity index (χ1v) is 10.5. The molecule has 0 aliphatic carbocycles. The molecule has 2 atom stereocenters. The third-order valence-corrected chi connectivity index (χ3v) is 4.30. The molecular weight excluding hydrogens is 386 g/mol. The lowest BCUT2D eigenvalue weighted by Gasteiger charge is -2.27. The number of methoxy groups -OCH3 is 1. The van der Waals surface area contributed by atoms with E-state index in [2.05, 4.69) is 5.32 Å². The van der Waals surface area contributed by atoms with Crippen molar-refractivity contribution in [3.63, 3.8) is 0 Å². The molecule has 0 saturated heterocycles. The maximum atomic E-state index is 12.6. The molecule has 1 N–H and O–H groups in total. The van der Waals surface area contributed by atoms with Crippen LogP contribution < -0.4 is 10.1 Å². The SMILES string of the molecule is CCOC(=O)C(OC(C)C)C(CC)c1ccc(OC)c(CNC(=O)OC(C)(C)C)c1. The summed E-state index contributed by atoms with van der Waals surface area (Å²) in [5, 5.41) is 2.75. The summed E-state index contributed by atoms with van der Waals surface area (Å²) in [6, 6.07) is 5.68. The van der Waals surface area contributed by atoms with Gasteiger partial charge in [0, 0.05) is 18.0 Å². The number of esters is 1. The van der Waals surface area contributed by atoms with Crippen molar-refractivity contribution in [3.8, 4) is 5.75 Å². The van der Waals surface area contributed by atoms with Gasteiger partial charge in [-0.15, -0.1) is 0 Å². The first kappa shape index (κ1) is 25.8. The molecule has 1 rings (SSSR count). The fourth-order valence-corrected chi connectivity index (χ4v) is 3.11. The highest BCUT2D eigenvalue weighted by atomic mass is 16.6. The molecule has 1 aromatic carbocycles. The first-order valence-electron chi connectivity index (χ1n) is 10.5. The molecule has 0 heterocycles. The molecular formula is C23H37NO6. The Morgan fingerprint density at radius 1 is 1.13 bits per heavy atom. The smallest absolute Gasteiger partial charge is 0.407 e. The number of hydrogen-bond donors (Lipinski definition) is 1. The first-order chi connectivity index (χ1) is 14.0. The Labute approximate surface area is 180 Å². The summed E-state index contributed by atoms with van der Waals surface area (Å²) in [5.74, 6) is 0.0713. The van der Waals surface area contributed by atoms with Crippen LogP contribution in [-0.2, 0) is 25.5 Å². The van der Waals surface area contributed by atoms with Gasteiger partial charge in [-0.05, 0) is 65.7 Å². The van der Waals surface area contributed by atoms with E-state index in [9.17, 15) is 9.59 Å². The molecule has 0 aromatic heterocycles. The van der Waals surface area contributed by atoms with E-state index < -0.39 is 17.8 Å². The van der Waals surface area contributed by atoms with Gasteiger partial charge in [-0.1, -0.05) is 13.0 Å². The van der Waals surface area contributed by atoms with Gasteiger partial charge in [0.05, 0.1) is 19.8 Å². The average molecular weight is 424 g/mol. The summed E-state index contributed by atoms with van der Waals surface area (Å²) in [6.45, 7) is 13.5. The van der Waals surface area contributed by atoms with Crippen LogP contribution in [0.15, 0.2) is 18.2 Å². The van der Waals surface area contributed by atoms with Crippen molar-refractivity contribution >= 4 is 12.1 Å². The molecule has 0 radical (unpaired) electrons. The molecule has 0 fully saturated rings. The van der Waals surface area contributed by atoms with Gasteiger partial charge in [-0.3, -0.25) is 0 Å². The van der Waals surface area contributed by atoms with Crippen molar-refractivity contribution in [2.24, 2.45) is 0 Å². The van der Waals surface area contributed by atoms with Gasteiger partial charge in [0.1, 0.15) is 11.4 Å². The second-order valence-electron chi connectivity index (χ2n) is 8.30. The van der Waals surface area contributed by atoms with Crippen LogP contribution in [0.5, 0.6) is 5.75 Å². The van der Waals surface area contributed by atoms with E-state index in [-0.39, 0.29) is 24.5 Å². The predicted molar refractivity (Wildman–Crippen MR) is 116 cm³/mol. The zero-order valence-corrected chi connectivity index (χ0v) is 19.5. The lowest BCUT2D eigenvalue weighted by Crippen LogP contribution is -2.35. The quantitative estimate of drug-likeness (QED) is 0.555. The Balaban J connectivity index is 3.14. The van der Waals surface area contributed by atoms with Crippen molar-refractivity contribution in [3.05, 3.63) is 29.3 Å². The van der Waals surface area contributed by atoms with Gasteiger partial charge in [0.15, 0.2) is 6.10 Å². The zero-order chi connectivity index (χ0) is 22.9. The largest absolute Gasteiger partial charge is 0.496 e. The molecule has 170 valence electrons. The average Bonchev–Trinajstić information content (AvgIpc) is 2.64. The summed E-state index contributed by atoms with van der Waals surface area (Å²) >= 11 is 0. The number of carbonyl (C=O) groups is 2. The summed E-state index contributed by atoms with van der Waals surface area (Å²) < 4.78 is 21.9. The van der Waals surface area contributed by atoms with Crippen LogP contribution in [0, 0.1) is 0 Å². The number of nitrogens with one attached hydrogen (secondary N) is 1. The molecule has 0 bridgehead atoms. The van der Waals surface area contributed by atoms with Crippen molar-refractivity contribution in [2.75, 3.05) is 13.7 Å². The highest BCUT2D eigenvalue weighted by Gasteiger charge is 2.32. The van der Waals surface area contributed by atoms with Gasteiger partial charge in [0.2, 0.25) is 0 Å². The number of carbonyl (C=O) groups excluding carboxylic acids is 2. The summed E-state index contributed by atoms with van der Waals surface area (Å²) in [5.41, 5.74) is 1.12. The van der Waals surface area contributed by atoms with Crippen molar-refractivity contribution in [1.82, 2.24) is 5.32 Å². The van der Waals surface area contributed by atoms with Gasteiger partial charge in [-0.25, -0.2) is 9.59 Å². The normalized spacial score (nSPS) is 13.5. The molecule has 7 nitrogen and oxygen atoms in total. The minimum Gasteiger partial charge on any atom is -0.496 e. The molecule has 1 amide bonds. The Hall–Kier alpha value is -2.28. The van der Waals surface area contributed by atoms with Crippen LogP contribution in [0.1, 0.15) is 71.9 Å². The highest BCUT2D eigenvalue weighted by Crippen LogP contribution is 2.31. The Kier molecular flexibility index (Phi) is 10.1. The van der Waals surface area contributed by atoms with E-state index in [1.54, 1.807) is 14.0 Å². The monoisotopic (exact) mass is 423 g/mol. The van der Waals surface area contributed by atoms with Crippen LogP contribution in [0.25, 0.3) is 0 Å². The number of ether oxygens (including phenoxy) is 4. The standard InChI is InChI=1S/C23H37NO6/c1-9-18(20(29-15(3)4)21(25)28-10-2)16-11-12-19(27-8)17(13-16)14-24-22(26)30-23(5,6)7/h11-13,15,18,20H,9-10,14H2,1-8H3,(H,24,26). The highest BCUT2D eigenvalue weighted by molar-refractivity contribution is 5.76. The van der Waals surface area contributed by atoms with Crippen molar-refractivity contribution < 1.29 is 28.5 Å². The van der Waals surface area contributed by atoms with Crippen molar-refractivity contribution in [1.29, 1.82) is 0 Å². The molecule has 0 spiro atoms. The third kappa shape index (κ3) is 8.22. The molecule has 0 aliphatic heterocycles. The molecule has 30 heavy (non-hydrogen) atoms. The van der Waals surface area contributed by atoms with Crippen LogP contribution in [-0.4, -0.2) is 43.6 Å². The predicted octanol–water partition coefficient (Wildman–Crippen LogP) is 4.57. The van der Waals surface area contributed by atoms with Gasteiger partial charge < -0.3 is 24.3 Å². The second kappa shape index (κ2) is 11.8. The number of rotatable bonds is 10. The maximum absolute atomic E-state index is 12.6. The molecule has 0 saturated carbocycles. The van der Waals surface area contributed by atoms with Crippen LogP contribution in [0.3, 0.4) is 0 Å². The number of alkyl carbamates (subject to hydrolysis) is 1. The fourth-order valence-electron chi connectivity index (χ4n) is 3.11.